The third-order valence-corrected chi connectivity index (χ3v) is 0. The van der Waals surface area contributed by atoms with Crippen LogP contribution in [0.3, 0.4) is 0 Å². The molecule has 51 valence electrons. The van der Waals surface area contributed by atoms with Crippen LogP contribution in [0.2, 0.25) is 0 Å². The smallest absolute Gasteiger partial charge is 0 e. The van der Waals surface area contributed by atoms with E-state index >= 15 is 0 Å². The van der Waals surface area contributed by atoms with Crippen molar-refractivity contribution < 1.29 is 112 Å². The molecule has 0 nitrogen and oxygen atoms in total. The molecule has 0 fully saturated rings. The Morgan fingerprint density at radius 3 is 0.250 bits per heavy atom. The summed E-state index contributed by atoms with van der Waals surface area (Å²) < 4.78 is 0. The third kappa shape index (κ3) is 36.7. The maximum atomic E-state index is 0. The zero-order valence-electron chi connectivity index (χ0n) is 3.75. The fraction of sp³-hybridized carbons (Fsp3) is 0. The van der Waals surface area contributed by atoms with Gasteiger partial charge in [0.15, 0.2) is 0 Å². The van der Waals surface area contributed by atoms with Crippen LogP contribution in [-0.2, 0) is 0 Å². The average Bonchev–Trinajstić information content (AvgIpc) is 0. The summed E-state index contributed by atoms with van der Waals surface area (Å²) in [6.07, 6.45) is 0. The second-order valence-corrected chi connectivity index (χ2v) is 0. The van der Waals surface area contributed by atoms with Gasteiger partial charge in [-0.2, -0.15) is 0 Å². The number of rotatable bonds is 0. The summed E-state index contributed by atoms with van der Waals surface area (Å²) in [6, 6.07) is 0. The molecule has 0 aromatic carbocycles. The van der Waals surface area contributed by atoms with Gasteiger partial charge in [0.05, 0.1) is 0 Å². The first-order valence-electron chi connectivity index (χ1n) is 0. The van der Waals surface area contributed by atoms with Crippen LogP contribution in [0.5, 0.6) is 0 Å². The second kappa shape index (κ2) is 45.3. The van der Waals surface area contributed by atoms with Gasteiger partial charge in [-0.15, -0.1) is 0 Å². The first-order valence-corrected chi connectivity index (χ1v) is 0. The summed E-state index contributed by atoms with van der Waals surface area (Å²) in [4.78, 5) is 0. The molecule has 0 saturated heterocycles. The molecule has 0 amide bonds. The van der Waals surface area contributed by atoms with E-state index in [4.69, 9.17) is 0 Å². The van der Waals surface area contributed by atoms with Gasteiger partial charge in [0.25, 0.3) is 0 Å². The van der Waals surface area contributed by atoms with Crippen molar-refractivity contribution in [2.45, 2.75) is 0 Å². The Labute approximate surface area is 240 Å². The van der Waals surface area contributed by atoms with Crippen molar-refractivity contribution in [3.05, 3.63) is 0 Å². The Morgan fingerprint density at radius 2 is 0.250 bits per heavy atom. The largest absolute Gasteiger partial charge is 0 e. The zero-order chi connectivity index (χ0) is 0. The fourth-order valence-corrected chi connectivity index (χ4v) is 0. The van der Waals surface area contributed by atoms with E-state index in [2.05, 4.69) is 0 Å². The van der Waals surface area contributed by atoms with E-state index in [9.17, 15) is 0 Å². The molecule has 0 aliphatic heterocycles. The Bertz CT molecular complexity index is 7.64. The van der Waals surface area contributed by atoms with Crippen molar-refractivity contribution in [1.29, 1.82) is 0 Å². The number of hydrogen-bond acceptors (Lipinski definition) is 0. The van der Waals surface area contributed by atoms with E-state index in [-0.39, 0.29) is 248 Å². The normalized spacial score (nSPS) is 0. The van der Waals surface area contributed by atoms with Gasteiger partial charge >= 0.3 is 0 Å². The summed E-state index contributed by atoms with van der Waals surface area (Å²) in [5, 5.41) is 0. The molecule has 5 radical (unpaired) electrons. The molecular weight excluding hydrogens is 1520 g/mol. The minimum Gasteiger partial charge on any atom is 0 e. The van der Waals surface area contributed by atoms with Crippen LogP contribution in [-0.4, -0.2) is 136 Å². The molecule has 0 N–H and O–H groups in total. The van der Waals surface area contributed by atoms with Gasteiger partial charge in [-0.25, -0.2) is 0 Å². The van der Waals surface area contributed by atoms with Crippen molar-refractivity contribution in [3.63, 3.8) is 0 Å². The van der Waals surface area contributed by atoms with Crippen LogP contribution in [0, 0.1) is 112 Å². The molecule has 0 atom stereocenters. The Kier molecular flexibility index (Phi) is 313. The maximum Gasteiger partial charge on any atom is 0 e. The van der Waals surface area contributed by atoms with Crippen LogP contribution in [0.25, 0.3) is 0 Å². The molecule has 0 rings (SSSR count). The third-order valence-electron chi connectivity index (χ3n) is 0. The van der Waals surface area contributed by atoms with Crippen molar-refractivity contribution >= 4 is 136 Å². The van der Waals surface area contributed by atoms with Crippen molar-refractivity contribution in [2.24, 2.45) is 0 Å². The SMILES string of the molecule is [Er].[Er].[Er].[Tl].[Tl].[Tl].[Tl].[Tl]. The summed E-state index contributed by atoms with van der Waals surface area (Å²) in [5.74, 6) is 0. The summed E-state index contributed by atoms with van der Waals surface area (Å²) >= 11 is 0. The van der Waals surface area contributed by atoms with Gasteiger partial charge < -0.3 is 0 Å². The molecule has 0 saturated carbocycles. The summed E-state index contributed by atoms with van der Waals surface area (Å²) in [5.41, 5.74) is 0. The molecule has 0 heterocycles. The molecule has 0 aromatic rings. The van der Waals surface area contributed by atoms with Gasteiger partial charge in [-0.1, -0.05) is 0 Å². The second-order valence-electron chi connectivity index (χ2n) is 0. The maximum absolute atomic E-state index is 0. The predicted octanol–water partition coefficient (Wildman–Crippen LogP) is -1.90. The van der Waals surface area contributed by atoms with E-state index in [1.54, 1.807) is 0 Å². The van der Waals surface area contributed by atoms with Gasteiger partial charge in [-0.05, 0) is 0 Å². The standard InChI is InChI=1S/3Er.5Tl. The minimum atomic E-state index is 0. The fourth-order valence-electron chi connectivity index (χ4n) is 0. The Hall–Kier alpha value is 8.35. The first kappa shape index (κ1) is 55.3. The van der Waals surface area contributed by atoms with Gasteiger partial charge in [0.2, 0.25) is 0 Å². The molecule has 0 aliphatic rings. The van der Waals surface area contributed by atoms with Crippen LogP contribution in [0.15, 0.2) is 0 Å². The Balaban J connectivity index is 0. The predicted molar refractivity (Wildman–Crippen MR) is 28.8 cm³/mol. The number of hydrogen-bond donors (Lipinski definition) is 0. The van der Waals surface area contributed by atoms with E-state index in [1.807, 2.05) is 0 Å². The summed E-state index contributed by atoms with van der Waals surface area (Å²) in [7, 11) is 0. The molecule has 8 heavy (non-hydrogen) atoms. The van der Waals surface area contributed by atoms with Gasteiger partial charge in [-0.3, -0.25) is 0 Å². The minimum absolute atomic E-state index is 0. The average molecular weight is 1520 g/mol. The molecule has 0 unspecified atom stereocenters. The first-order chi connectivity index (χ1) is 0. The van der Waals surface area contributed by atoms with E-state index in [0.29, 0.717) is 0 Å². The summed E-state index contributed by atoms with van der Waals surface area (Å²) in [6.45, 7) is 0. The van der Waals surface area contributed by atoms with Gasteiger partial charge in [0.1, 0.15) is 0 Å². The van der Waals surface area contributed by atoms with Crippen LogP contribution < -0.4 is 0 Å². The van der Waals surface area contributed by atoms with Gasteiger partial charge in [0, 0.05) is 248 Å². The molecule has 0 aromatic heterocycles. The molecule has 0 spiro atoms. The zero-order valence-corrected chi connectivity index (χ0v) is 31.8. The van der Waals surface area contributed by atoms with Crippen LogP contribution in [0.1, 0.15) is 0 Å². The van der Waals surface area contributed by atoms with E-state index < -0.39 is 0 Å². The quantitative estimate of drug-likeness (QED) is 0.249. The van der Waals surface area contributed by atoms with Crippen LogP contribution >= 0.6 is 0 Å². The topological polar surface area (TPSA) is 0 Å². The Morgan fingerprint density at radius 1 is 0.250 bits per heavy atom. The van der Waals surface area contributed by atoms with Crippen LogP contribution in [0.4, 0.5) is 0 Å². The van der Waals surface area contributed by atoms with Crippen molar-refractivity contribution in [1.82, 2.24) is 0 Å². The van der Waals surface area contributed by atoms with Crippen molar-refractivity contribution in [3.8, 4) is 0 Å². The van der Waals surface area contributed by atoms with Crippen molar-refractivity contribution in [2.75, 3.05) is 0 Å². The molecular formula is Er3Tl5. The van der Waals surface area contributed by atoms with E-state index in [0.717, 1.165) is 0 Å². The molecule has 8 heteroatoms. The van der Waals surface area contributed by atoms with E-state index in [1.165, 1.54) is 0 Å². The molecule has 0 aliphatic carbocycles. The monoisotopic (exact) mass is 1520 g/mol. The molecule has 0 bridgehead atoms.